The molecule has 5 atom stereocenters. The van der Waals surface area contributed by atoms with Crippen molar-refractivity contribution in [1.29, 1.82) is 0 Å². The average Bonchev–Trinajstić information content (AvgIpc) is 2.99. The van der Waals surface area contributed by atoms with Crippen LogP contribution < -0.4 is 4.74 Å². The monoisotopic (exact) mass is 506 g/mol. The molecule has 3 aromatic carbocycles. The van der Waals surface area contributed by atoms with Gasteiger partial charge >= 0.3 is 5.97 Å². The van der Waals surface area contributed by atoms with Gasteiger partial charge in [0.1, 0.15) is 11.9 Å². The molecular weight excluding hydrogens is 472 g/mol. The predicted octanol–water partition coefficient (Wildman–Crippen LogP) is 6.93. The molecule has 0 aliphatic carbocycles. The molecule has 1 aromatic heterocycles. The van der Waals surface area contributed by atoms with Crippen LogP contribution in [0, 0.1) is 11.8 Å². The Balaban J connectivity index is 1.42. The number of methoxy groups -OCH3 is 1. The number of piperidine rings is 3. The molecule has 4 aromatic rings. The first-order valence-electron chi connectivity index (χ1n) is 13.7. The Hall–Kier alpha value is -3.70. The zero-order valence-corrected chi connectivity index (χ0v) is 22.0. The number of nitrogens with zero attached hydrogens (tertiary/aromatic N) is 2. The molecule has 194 valence electrons. The Morgan fingerprint density at radius 1 is 1.05 bits per heavy atom. The highest BCUT2D eigenvalue weighted by molar-refractivity contribution is 5.97. The highest BCUT2D eigenvalue weighted by Crippen LogP contribution is 2.44. The number of hydrogen-bond acceptors (Lipinski definition) is 5. The smallest absolute Gasteiger partial charge is 0.339 e. The van der Waals surface area contributed by atoms with E-state index in [-0.39, 0.29) is 12.0 Å². The molecule has 3 fully saturated rings. The molecule has 2 bridgehead atoms. The molecule has 3 aliphatic heterocycles. The number of hydrogen-bond donors (Lipinski definition) is 0. The molecule has 1 unspecified atom stereocenters. The van der Waals surface area contributed by atoms with Gasteiger partial charge in [0.05, 0.1) is 24.2 Å². The third-order valence-corrected chi connectivity index (χ3v) is 8.56. The van der Waals surface area contributed by atoms with Crippen LogP contribution in [0.5, 0.6) is 5.75 Å². The van der Waals surface area contributed by atoms with Crippen molar-refractivity contribution in [3.63, 3.8) is 0 Å². The minimum absolute atomic E-state index is 0.126. The van der Waals surface area contributed by atoms with E-state index in [0.717, 1.165) is 52.9 Å². The lowest BCUT2D eigenvalue weighted by Crippen LogP contribution is -2.55. The van der Waals surface area contributed by atoms with Crippen LogP contribution in [0.1, 0.15) is 48.2 Å². The van der Waals surface area contributed by atoms with Crippen LogP contribution in [0.15, 0.2) is 85.1 Å². The van der Waals surface area contributed by atoms with Crippen LogP contribution in [0.3, 0.4) is 0 Å². The number of rotatable bonds is 7. The lowest BCUT2D eigenvalue weighted by molar-refractivity contribution is -0.0659. The number of aromatic nitrogens is 1. The lowest BCUT2D eigenvalue weighted by Gasteiger charge is -2.51. The summed E-state index contributed by atoms with van der Waals surface area (Å²) in [4.78, 5) is 21.1. The number of ether oxygens (including phenoxy) is 2. The molecule has 3 aliphatic rings. The van der Waals surface area contributed by atoms with Crippen molar-refractivity contribution >= 4 is 16.9 Å². The van der Waals surface area contributed by atoms with Crippen molar-refractivity contribution in [1.82, 2.24) is 9.88 Å². The Bertz CT molecular complexity index is 1440. The third-order valence-electron chi connectivity index (χ3n) is 8.56. The molecular formula is C33H34N2O3. The SMILES string of the molecule is CC[C@H]1CN2CC[C@H]1C[C@H]2[C@H](OC(=O)c1ccccc1-c1ccccc1)c1ccnc2ccc(OC)cc12. The quantitative estimate of drug-likeness (QED) is 0.255. The van der Waals surface area contributed by atoms with Crippen molar-refractivity contribution < 1.29 is 14.3 Å². The topological polar surface area (TPSA) is 51.7 Å². The Kier molecular flexibility index (Phi) is 6.86. The number of carbonyl (C=O) groups is 1. The van der Waals surface area contributed by atoms with E-state index in [1.54, 1.807) is 7.11 Å². The maximum absolute atomic E-state index is 14.0. The molecule has 0 saturated carbocycles. The molecule has 5 nitrogen and oxygen atoms in total. The maximum Gasteiger partial charge on any atom is 0.339 e. The number of carbonyl (C=O) groups excluding carboxylic acids is 1. The summed E-state index contributed by atoms with van der Waals surface area (Å²) in [5.41, 5.74) is 4.33. The Labute approximate surface area is 224 Å². The number of benzene rings is 3. The zero-order chi connectivity index (χ0) is 26.1. The summed E-state index contributed by atoms with van der Waals surface area (Å²) < 4.78 is 12.1. The van der Waals surface area contributed by atoms with Crippen molar-refractivity contribution in [3.05, 3.63) is 96.2 Å². The van der Waals surface area contributed by atoms with Gasteiger partial charge in [0.25, 0.3) is 0 Å². The molecule has 4 heterocycles. The third kappa shape index (κ3) is 4.56. The molecule has 38 heavy (non-hydrogen) atoms. The summed E-state index contributed by atoms with van der Waals surface area (Å²) in [5, 5.41) is 0.968. The fourth-order valence-corrected chi connectivity index (χ4v) is 6.54. The minimum Gasteiger partial charge on any atom is -0.497 e. The van der Waals surface area contributed by atoms with E-state index in [0.29, 0.717) is 17.4 Å². The molecule has 7 rings (SSSR count). The van der Waals surface area contributed by atoms with E-state index in [1.807, 2.05) is 85.1 Å². The van der Waals surface area contributed by atoms with Gasteiger partial charge in [-0.25, -0.2) is 4.79 Å². The molecule has 0 amide bonds. The van der Waals surface area contributed by atoms with Crippen LogP contribution in [-0.2, 0) is 4.74 Å². The maximum atomic E-state index is 14.0. The van der Waals surface area contributed by atoms with Crippen LogP contribution in [0.4, 0.5) is 0 Å². The van der Waals surface area contributed by atoms with Crippen LogP contribution in [-0.4, -0.2) is 42.1 Å². The number of fused-ring (bicyclic) bond motifs is 4. The van der Waals surface area contributed by atoms with Gasteiger partial charge in [-0.2, -0.15) is 0 Å². The molecule has 0 spiro atoms. The second-order valence-corrected chi connectivity index (χ2v) is 10.5. The predicted molar refractivity (Wildman–Crippen MR) is 150 cm³/mol. The van der Waals surface area contributed by atoms with Gasteiger partial charge in [-0.3, -0.25) is 9.88 Å². The van der Waals surface area contributed by atoms with E-state index in [9.17, 15) is 4.79 Å². The Morgan fingerprint density at radius 2 is 1.87 bits per heavy atom. The van der Waals surface area contributed by atoms with E-state index < -0.39 is 6.10 Å². The van der Waals surface area contributed by atoms with Gasteiger partial charge < -0.3 is 9.47 Å². The number of esters is 1. The summed E-state index contributed by atoms with van der Waals surface area (Å²) in [6.45, 7) is 4.40. The minimum atomic E-state index is -0.412. The van der Waals surface area contributed by atoms with Crippen LogP contribution in [0.25, 0.3) is 22.0 Å². The van der Waals surface area contributed by atoms with Gasteiger partial charge in [0, 0.05) is 23.7 Å². The van der Waals surface area contributed by atoms with E-state index in [2.05, 4.69) is 16.8 Å². The highest BCUT2D eigenvalue weighted by atomic mass is 16.5. The number of pyridine rings is 1. The van der Waals surface area contributed by atoms with Crippen LogP contribution >= 0.6 is 0 Å². The van der Waals surface area contributed by atoms with Crippen molar-refractivity contribution in [2.75, 3.05) is 20.2 Å². The lowest BCUT2D eigenvalue weighted by atomic mass is 9.72. The summed E-state index contributed by atoms with van der Waals surface area (Å²) >= 11 is 0. The van der Waals surface area contributed by atoms with Crippen LogP contribution in [0.2, 0.25) is 0 Å². The summed E-state index contributed by atoms with van der Waals surface area (Å²) in [6, 6.07) is 25.8. The van der Waals surface area contributed by atoms with Crippen molar-refractivity contribution in [3.8, 4) is 16.9 Å². The first kappa shape index (κ1) is 24.6. The van der Waals surface area contributed by atoms with E-state index in [1.165, 1.54) is 12.8 Å². The summed E-state index contributed by atoms with van der Waals surface area (Å²) in [5.74, 6) is 1.85. The normalized spacial score (nSPS) is 23.2. The second kappa shape index (κ2) is 10.6. The first-order valence-corrected chi connectivity index (χ1v) is 13.7. The van der Waals surface area contributed by atoms with Crippen molar-refractivity contribution in [2.24, 2.45) is 11.8 Å². The molecule has 0 radical (unpaired) electrons. The molecule has 5 heteroatoms. The highest BCUT2D eigenvalue weighted by Gasteiger charge is 2.44. The Morgan fingerprint density at radius 3 is 2.63 bits per heavy atom. The molecule has 3 saturated heterocycles. The summed E-state index contributed by atoms with van der Waals surface area (Å²) in [6.07, 6.45) is 4.86. The molecule has 0 N–H and O–H groups in total. The van der Waals surface area contributed by atoms with Gasteiger partial charge in [-0.05, 0) is 72.7 Å². The van der Waals surface area contributed by atoms with Gasteiger partial charge in [0.15, 0.2) is 0 Å². The average molecular weight is 507 g/mol. The van der Waals surface area contributed by atoms with Crippen molar-refractivity contribution in [2.45, 2.75) is 38.3 Å². The van der Waals surface area contributed by atoms with Gasteiger partial charge in [0.2, 0.25) is 0 Å². The largest absolute Gasteiger partial charge is 0.497 e. The summed E-state index contributed by atoms with van der Waals surface area (Å²) in [7, 11) is 1.67. The van der Waals surface area contributed by atoms with E-state index >= 15 is 0 Å². The van der Waals surface area contributed by atoms with E-state index in [4.69, 9.17) is 9.47 Å². The zero-order valence-electron chi connectivity index (χ0n) is 22.0. The fourth-order valence-electron chi connectivity index (χ4n) is 6.54. The van der Waals surface area contributed by atoms with Gasteiger partial charge in [-0.15, -0.1) is 0 Å². The second-order valence-electron chi connectivity index (χ2n) is 10.5. The fraction of sp³-hybridized carbons (Fsp3) is 0.333. The first-order chi connectivity index (χ1) is 18.7. The van der Waals surface area contributed by atoms with Gasteiger partial charge in [-0.1, -0.05) is 61.9 Å². The standard InChI is InChI=1S/C33H34N2O3/c1-3-22-21-35-18-16-24(22)19-31(35)32(27-15-17-34-30-14-13-25(37-2)20-29(27)30)38-33(36)28-12-8-7-11-26(28)23-9-5-4-6-10-23/h4-15,17,20,22,24,31-32H,3,16,18-19,21H2,1-2H3/t22-,24-,31-,32+/m0/s1.